The van der Waals surface area contributed by atoms with E-state index >= 15 is 0 Å². The Morgan fingerprint density at radius 3 is 2.45 bits per heavy atom. The molecular formula is C26H24N6O8. The molecule has 1 spiro atoms. The third kappa shape index (κ3) is 5.85. The molecule has 2 aliphatic heterocycles. The zero-order valence-corrected chi connectivity index (χ0v) is 21.2. The molecule has 3 N–H and O–H groups in total. The Morgan fingerprint density at radius 1 is 1.12 bits per heavy atom. The van der Waals surface area contributed by atoms with Gasteiger partial charge in [0, 0.05) is 42.3 Å². The van der Waals surface area contributed by atoms with Gasteiger partial charge in [0.2, 0.25) is 11.8 Å². The molecule has 2 aromatic rings. The van der Waals surface area contributed by atoms with Crippen LogP contribution in [-0.4, -0.2) is 56.4 Å². The topological polar surface area (TPSA) is 200 Å². The van der Waals surface area contributed by atoms with Crippen LogP contribution in [0.15, 0.2) is 71.9 Å². The first kappa shape index (κ1) is 27.6. The molecule has 0 saturated carbocycles. The molecule has 206 valence electrons. The molecule has 0 bridgehead atoms. The monoisotopic (exact) mass is 548 g/mol. The number of hydrogen-bond acceptors (Lipinski definition) is 9. The van der Waals surface area contributed by atoms with E-state index in [-0.39, 0.29) is 30.9 Å². The summed E-state index contributed by atoms with van der Waals surface area (Å²) in [5, 5.41) is 29.5. The quantitative estimate of drug-likeness (QED) is 0.217. The summed E-state index contributed by atoms with van der Waals surface area (Å²) < 4.78 is 0. The minimum atomic E-state index is -1.14. The van der Waals surface area contributed by atoms with Crippen molar-refractivity contribution in [2.24, 2.45) is 10.9 Å². The van der Waals surface area contributed by atoms with Gasteiger partial charge in [-0.25, -0.2) is 0 Å². The van der Waals surface area contributed by atoms with Crippen LogP contribution in [0, 0.1) is 20.2 Å². The summed E-state index contributed by atoms with van der Waals surface area (Å²) in [7, 11) is 0. The van der Waals surface area contributed by atoms with Crippen molar-refractivity contribution in [3.05, 3.63) is 98.1 Å². The molecule has 14 nitrogen and oxygen atoms in total. The smallest absolute Gasteiger partial charge is 0.277 e. The normalized spacial score (nSPS) is 20.1. The van der Waals surface area contributed by atoms with Gasteiger partial charge in [-0.2, -0.15) is 0 Å². The zero-order chi connectivity index (χ0) is 29.0. The fraction of sp³-hybridized carbons (Fsp3) is 0.231. The van der Waals surface area contributed by atoms with Crippen LogP contribution < -0.4 is 11.1 Å². The summed E-state index contributed by atoms with van der Waals surface area (Å²) >= 11 is 0. The second-order valence-corrected chi connectivity index (χ2v) is 9.25. The van der Waals surface area contributed by atoms with Crippen molar-refractivity contribution < 1.29 is 29.1 Å². The van der Waals surface area contributed by atoms with Gasteiger partial charge in [0.05, 0.1) is 33.7 Å². The molecule has 1 unspecified atom stereocenters. The van der Waals surface area contributed by atoms with Crippen LogP contribution in [0.3, 0.4) is 0 Å². The number of rotatable bonds is 8. The van der Waals surface area contributed by atoms with Crippen molar-refractivity contribution in [1.29, 1.82) is 0 Å². The second kappa shape index (κ2) is 11.1. The Bertz CT molecular complexity index is 1470. The first-order valence-electron chi connectivity index (χ1n) is 12.0. The Labute approximate surface area is 227 Å². The van der Waals surface area contributed by atoms with E-state index < -0.39 is 44.7 Å². The highest BCUT2D eigenvalue weighted by Crippen LogP contribution is 2.40. The third-order valence-corrected chi connectivity index (χ3v) is 6.41. The number of carbonyl (C=O) groups excluding carboxylic acids is 3. The summed E-state index contributed by atoms with van der Waals surface area (Å²) in [6.07, 6.45) is 6.66. The largest absolute Gasteiger partial charge is 0.387 e. The number of amides is 3. The summed E-state index contributed by atoms with van der Waals surface area (Å²) in [5.74, 6) is -2.01. The van der Waals surface area contributed by atoms with E-state index in [4.69, 9.17) is 10.6 Å². The number of allylic oxidation sites excluding steroid dienone is 3. The number of nitrogens with zero attached hydrogens (tertiary/aromatic N) is 4. The van der Waals surface area contributed by atoms with Gasteiger partial charge in [-0.1, -0.05) is 35.5 Å². The van der Waals surface area contributed by atoms with E-state index in [1.54, 1.807) is 42.5 Å². The maximum Gasteiger partial charge on any atom is 0.277 e. The lowest BCUT2D eigenvalue weighted by molar-refractivity contribution is -0.394. The van der Waals surface area contributed by atoms with Crippen LogP contribution in [0.1, 0.15) is 35.7 Å². The standard InChI is InChI=1S/C26H24N6O8/c1-2-3-4-8-23(33)28-18-7-5-6-16(9-18)21-13-26(40-29-21)14-22(24(27)34)30(15-26)25(35)17-10-19(31(36)37)12-20(11-17)32(38)39/h2-12,22H,13-15H2,1H3,(H2,27,34)(H,28,33)/b3-2+,8-4-/t22-,26?/m0/s1. The lowest BCUT2D eigenvalue weighted by Crippen LogP contribution is -2.44. The van der Waals surface area contributed by atoms with Crippen LogP contribution >= 0.6 is 0 Å². The number of non-ortho nitro benzene ring substituents is 2. The second-order valence-electron chi connectivity index (χ2n) is 9.25. The molecule has 2 aliphatic rings. The van der Waals surface area contributed by atoms with Crippen molar-refractivity contribution >= 4 is 40.5 Å². The van der Waals surface area contributed by atoms with Crippen LogP contribution in [0.5, 0.6) is 0 Å². The van der Waals surface area contributed by atoms with E-state index in [1.807, 2.05) is 6.92 Å². The van der Waals surface area contributed by atoms with Gasteiger partial charge in [0.25, 0.3) is 17.3 Å². The first-order chi connectivity index (χ1) is 19.0. The molecule has 0 radical (unpaired) electrons. The molecule has 0 aliphatic carbocycles. The van der Waals surface area contributed by atoms with Crippen molar-refractivity contribution in [2.45, 2.75) is 31.4 Å². The summed E-state index contributed by atoms with van der Waals surface area (Å²) in [4.78, 5) is 65.5. The molecule has 2 atom stereocenters. The highest BCUT2D eigenvalue weighted by molar-refractivity contribution is 6.05. The Balaban J connectivity index is 1.55. The van der Waals surface area contributed by atoms with E-state index in [2.05, 4.69) is 10.5 Å². The van der Waals surface area contributed by atoms with Crippen LogP contribution in [-0.2, 0) is 14.4 Å². The molecule has 2 heterocycles. The van der Waals surface area contributed by atoms with Gasteiger partial charge in [0.15, 0.2) is 5.60 Å². The number of likely N-dealkylation sites (tertiary alicyclic amines) is 1. The maximum absolute atomic E-state index is 13.4. The van der Waals surface area contributed by atoms with E-state index in [1.165, 1.54) is 6.08 Å². The van der Waals surface area contributed by atoms with E-state index in [0.29, 0.717) is 17.0 Å². The molecule has 2 aromatic carbocycles. The van der Waals surface area contributed by atoms with Gasteiger partial charge in [-0.05, 0) is 19.1 Å². The molecule has 4 rings (SSSR count). The minimum Gasteiger partial charge on any atom is -0.387 e. The van der Waals surface area contributed by atoms with Crippen molar-refractivity contribution in [2.75, 3.05) is 11.9 Å². The summed E-state index contributed by atoms with van der Waals surface area (Å²) in [5.41, 5.74) is 4.49. The average Bonchev–Trinajstić information content (AvgIpc) is 3.52. The number of benzene rings is 2. The molecule has 1 fully saturated rings. The first-order valence-corrected chi connectivity index (χ1v) is 12.0. The fourth-order valence-electron chi connectivity index (χ4n) is 4.60. The lowest BCUT2D eigenvalue weighted by atomic mass is 9.91. The number of nitro benzene ring substituents is 2. The number of oxime groups is 1. The van der Waals surface area contributed by atoms with Gasteiger partial charge in [0.1, 0.15) is 6.04 Å². The molecule has 40 heavy (non-hydrogen) atoms. The van der Waals surface area contributed by atoms with Gasteiger partial charge in [-0.15, -0.1) is 0 Å². The minimum absolute atomic E-state index is 0.00966. The SMILES string of the molecule is C/C=C/C=C\C(=O)Nc1cccc(C2=NOC3(C2)C[C@@H](C(N)=O)N(C(=O)c2cc([N+](=O)[O-])cc([N+](=O)[O-])c2)C3)c1. The highest BCUT2D eigenvalue weighted by Gasteiger charge is 2.53. The number of hydrogen-bond donors (Lipinski definition) is 2. The van der Waals surface area contributed by atoms with Crippen LogP contribution in [0.4, 0.5) is 17.1 Å². The summed E-state index contributed by atoms with van der Waals surface area (Å²) in [6, 6.07) is 8.30. The predicted octanol–water partition coefficient (Wildman–Crippen LogP) is 2.84. The van der Waals surface area contributed by atoms with Crippen molar-refractivity contribution in [1.82, 2.24) is 4.90 Å². The number of primary amides is 1. The van der Waals surface area contributed by atoms with Gasteiger partial charge >= 0.3 is 0 Å². The van der Waals surface area contributed by atoms with Crippen LogP contribution in [0.2, 0.25) is 0 Å². The Kier molecular flexibility index (Phi) is 7.70. The number of anilines is 1. The van der Waals surface area contributed by atoms with Crippen LogP contribution in [0.25, 0.3) is 0 Å². The van der Waals surface area contributed by atoms with Gasteiger partial charge in [-0.3, -0.25) is 34.6 Å². The maximum atomic E-state index is 13.4. The fourth-order valence-corrected chi connectivity index (χ4v) is 4.60. The lowest BCUT2D eigenvalue weighted by Gasteiger charge is -2.23. The van der Waals surface area contributed by atoms with Crippen molar-refractivity contribution in [3.8, 4) is 0 Å². The molecule has 14 heteroatoms. The summed E-state index contributed by atoms with van der Waals surface area (Å²) in [6.45, 7) is 1.68. The zero-order valence-electron chi connectivity index (χ0n) is 21.2. The number of nitrogens with one attached hydrogen (secondary N) is 1. The Hall–Kier alpha value is -5.40. The predicted molar refractivity (Wildman–Crippen MR) is 142 cm³/mol. The third-order valence-electron chi connectivity index (χ3n) is 6.41. The molecule has 3 amide bonds. The number of nitro groups is 2. The molecular weight excluding hydrogens is 524 g/mol. The van der Waals surface area contributed by atoms with Gasteiger partial charge < -0.3 is 20.8 Å². The number of carbonyl (C=O) groups is 3. The van der Waals surface area contributed by atoms with E-state index in [9.17, 15) is 34.6 Å². The highest BCUT2D eigenvalue weighted by atomic mass is 16.7. The average molecular weight is 549 g/mol. The Morgan fingerprint density at radius 2 is 1.82 bits per heavy atom. The molecule has 0 aromatic heterocycles. The molecule has 1 saturated heterocycles. The number of nitrogens with two attached hydrogens (primary N) is 1. The van der Waals surface area contributed by atoms with E-state index in [0.717, 1.165) is 23.1 Å². The van der Waals surface area contributed by atoms with Crippen molar-refractivity contribution in [3.63, 3.8) is 0 Å².